The largest absolute Gasteiger partial charge is 0.298 e. The molecule has 106 valence electrons. The summed E-state index contributed by atoms with van der Waals surface area (Å²) < 4.78 is 0. The SMILES string of the molecule is CCCCc1c(C)nc(NNc2ccccc2)[nH]c1=O. The summed E-state index contributed by atoms with van der Waals surface area (Å²) >= 11 is 0. The van der Waals surface area contributed by atoms with Crippen molar-refractivity contribution in [2.24, 2.45) is 0 Å². The fourth-order valence-electron chi connectivity index (χ4n) is 1.97. The number of nitrogens with zero attached hydrogens (tertiary/aromatic N) is 1. The van der Waals surface area contributed by atoms with Crippen molar-refractivity contribution in [3.63, 3.8) is 0 Å². The highest BCUT2D eigenvalue weighted by Gasteiger charge is 2.07. The number of hydrogen-bond acceptors (Lipinski definition) is 4. The topological polar surface area (TPSA) is 69.8 Å². The van der Waals surface area contributed by atoms with E-state index in [1.807, 2.05) is 37.3 Å². The van der Waals surface area contributed by atoms with Gasteiger partial charge in [0.15, 0.2) is 0 Å². The van der Waals surface area contributed by atoms with Crippen LogP contribution in [-0.4, -0.2) is 9.97 Å². The maximum Gasteiger partial charge on any atom is 0.255 e. The molecule has 1 heterocycles. The molecule has 1 aromatic carbocycles. The zero-order valence-electron chi connectivity index (χ0n) is 11.9. The predicted octanol–water partition coefficient (Wildman–Crippen LogP) is 2.86. The van der Waals surface area contributed by atoms with Gasteiger partial charge in [-0.2, -0.15) is 0 Å². The van der Waals surface area contributed by atoms with Gasteiger partial charge in [0, 0.05) is 11.3 Å². The van der Waals surface area contributed by atoms with Crippen LogP contribution < -0.4 is 16.4 Å². The number of H-pyrrole nitrogens is 1. The maximum atomic E-state index is 12.0. The highest BCUT2D eigenvalue weighted by atomic mass is 16.1. The molecule has 0 spiro atoms. The molecule has 0 radical (unpaired) electrons. The zero-order valence-corrected chi connectivity index (χ0v) is 11.9. The zero-order chi connectivity index (χ0) is 14.4. The standard InChI is InChI=1S/C15H20N4O/c1-3-4-10-13-11(2)16-15(17-14(13)20)19-18-12-8-6-5-7-9-12/h5-9,18H,3-4,10H2,1-2H3,(H2,16,17,19,20). The van der Waals surface area contributed by atoms with Crippen molar-refractivity contribution in [1.82, 2.24) is 9.97 Å². The molecule has 0 bridgehead atoms. The minimum Gasteiger partial charge on any atom is -0.298 e. The Morgan fingerprint density at radius 1 is 1.20 bits per heavy atom. The number of aromatic amines is 1. The summed E-state index contributed by atoms with van der Waals surface area (Å²) in [6, 6.07) is 9.65. The minimum atomic E-state index is -0.0664. The van der Waals surface area contributed by atoms with Crippen LogP contribution in [0.4, 0.5) is 11.6 Å². The quantitative estimate of drug-likeness (QED) is 0.707. The van der Waals surface area contributed by atoms with Crippen molar-refractivity contribution in [3.8, 4) is 0 Å². The lowest BCUT2D eigenvalue weighted by molar-refractivity contribution is 0.774. The van der Waals surface area contributed by atoms with Gasteiger partial charge in [-0.1, -0.05) is 31.5 Å². The van der Waals surface area contributed by atoms with Gasteiger partial charge in [0.2, 0.25) is 5.95 Å². The molecule has 3 N–H and O–H groups in total. The van der Waals surface area contributed by atoms with Crippen molar-refractivity contribution in [3.05, 3.63) is 51.9 Å². The molecule has 2 aromatic rings. The number of para-hydroxylation sites is 1. The number of unbranched alkanes of at least 4 members (excludes halogenated alkanes) is 1. The van der Waals surface area contributed by atoms with Crippen LogP contribution in [0.3, 0.4) is 0 Å². The van der Waals surface area contributed by atoms with Crippen LogP contribution in [0.2, 0.25) is 0 Å². The second-order valence-electron chi connectivity index (χ2n) is 4.70. The second kappa shape index (κ2) is 6.75. The summed E-state index contributed by atoms with van der Waals surface area (Å²) in [5, 5.41) is 0. The van der Waals surface area contributed by atoms with Crippen molar-refractivity contribution >= 4 is 11.6 Å². The van der Waals surface area contributed by atoms with Gasteiger partial charge in [-0.25, -0.2) is 4.98 Å². The van der Waals surface area contributed by atoms with Gasteiger partial charge in [-0.05, 0) is 31.9 Å². The smallest absolute Gasteiger partial charge is 0.255 e. The Hall–Kier alpha value is -2.30. The average Bonchev–Trinajstić information content (AvgIpc) is 2.45. The predicted molar refractivity (Wildman–Crippen MR) is 81.9 cm³/mol. The van der Waals surface area contributed by atoms with Gasteiger partial charge < -0.3 is 0 Å². The molecule has 5 heteroatoms. The first-order chi connectivity index (χ1) is 9.70. The Labute approximate surface area is 118 Å². The molecule has 0 amide bonds. The fourth-order valence-corrected chi connectivity index (χ4v) is 1.97. The highest BCUT2D eigenvalue weighted by molar-refractivity contribution is 5.47. The molecular formula is C15H20N4O. The summed E-state index contributed by atoms with van der Waals surface area (Å²) in [5.74, 6) is 0.427. The molecule has 0 unspecified atom stereocenters. The first-order valence-corrected chi connectivity index (χ1v) is 6.87. The third-order valence-electron chi connectivity index (χ3n) is 3.10. The summed E-state index contributed by atoms with van der Waals surface area (Å²) in [7, 11) is 0. The second-order valence-corrected chi connectivity index (χ2v) is 4.70. The van der Waals surface area contributed by atoms with E-state index >= 15 is 0 Å². The van der Waals surface area contributed by atoms with Crippen molar-refractivity contribution in [2.45, 2.75) is 33.1 Å². The van der Waals surface area contributed by atoms with Gasteiger partial charge in [0.1, 0.15) is 0 Å². The molecule has 0 atom stereocenters. The molecule has 0 saturated carbocycles. The normalized spacial score (nSPS) is 10.3. The Balaban J connectivity index is 2.08. The summed E-state index contributed by atoms with van der Waals surface area (Å²) in [4.78, 5) is 19.1. The third-order valence-corrected chi connectivity index (χ3v) is 3.10. The van der Waals surface area contributed by atoms with Crippen LogP contribution in [0.1, 0.15) is 31.0 Å². The number of benzene rings is 1. The van der Waals surface area contributed by atoms with Crippen LogP contribution in [0, 0.1) is 6.92 Å². The van der Waals surface area contributed by atoms with Gasteiger partial charge in [0.25, 0.3) is 5.56 Å². The van der Waals surface area contributed by atoms with Crippen LogP contribution in [0.15, 0.2) is 35.1 Å². The van der Waals surface area contributed by atoms with E-state index in [4.69, 9.17) is 0 Å². The molecule has 0 aliphatic carbocycles. The minimum absolute atomic E-state index is 0.0664. The number of aromatic nitrogens is 2. The molecule has 0 aliphatic rings. The molecule has 1 aromatic heterocycles. The summed E-state index contributed by atoms with van der Waals surface area (Å²) in [6.45, 7) is 3.98. The number of rotatable bonds is 6. The van der Waals surface area contributed by atoms with Crippen LogP contribution in [0.5, 0.6) is 0 Å². The van der Waals surface area contributed by atoms with E-state index in [1.54, 1.807) is 0 Å². The molecular weight excluding hydrogens is 252 g/mol. The van der Waals surface area contributed by atoms with Crippen molar-refractivity contribution < 1.29 is 0 Å². The van der Waals surface area contributed by atoms with E-state index in [9.17, 15) is 4.79 Å². The third kappa shape index (κ3) is 3.60. The van der Waals surface area contributed by atoms with Gasteiger partial charge in [-0.15, -0.1) is 0 Å². The average molecular weight is 272 g/mol. The Kier molecular flexibility index (Phi) is 4.76. The van der Waals surface area contributed by atoms with Crippen molar-refractivity contribution in [2.75, 3.05) is 10.9 Å². The number of aryl methyl sites for hydroxylation is 1. The first-order valence-electron chi connectivity index (χ1n) is 6.87. The Bertz CT molecular complexity index is 607. The van der Waals surface area contributed by atoms with Gasteiger partial charge in [0.05, 0.1) is 5.69 Å². The molecule has 0 saturated heterocycles. The lowest BCUT2D eigenvalue weighted by atomic mass is 10.1. The van der Waals surface area contributed by atoms with Crippen LogP contribution in [-0.2, 0) is 6.42 Å². The van der Waals surface area contributed by atoms with E-state index < -0.39 is 0 Å². The van der Waals surface area contributed by atoms with E-state index in [-0.39, 0.29) is 5.56 Å². The van der Waals surface area contributed by atoms with Crippen LogP contribution in [0.25, 0.3) is 0 Å². The Morgan fingerprint density at radius 2 is 1.95 bits per heavy atom. The molecule has 2 rings (SSSR count). The molecule has 5 nitrogen and oxygen atoms in total. The van der Waals surface area contributed by atoms with E-state index in [0.717, 1.165) is 36.2 Å². The van der Waals surface area contributed by atoms with Gasteiger partial charge in [-0.3, -0.25) is 20.6 Å². The maximum absolute atomic E-state index is 12.0. The monoisotopic (exact) mass is 272 g/mol. The molecule has 0 fully saturated rings. The van der Waals surface area contributed by atoms with E-state index in [2.05, 4.69) is 27.7 Å². The van der Waals surface area contributed by atoms with E-state index in [0.29, 0.717) is 5.95 Å². The number of nitrogens with one attached hydrogen (secondary N) is 3. The highest BCUT2D eigenvalue weighted by Crippen LogP contribution is 2.08. The fraction of sp³-hybridized carbons (Fsp3) is 0.333. The molecule has 0 aliphatic heterocycles. The van der Waals surface area contributed by atoms with Crippen LogP contribution >= 0.6 is 0 Å². The van der Waals surface area contributed by atoms with E-state index in [1.165, 1.54) is 0 Å². The number of hydrogen-bond donors (Lipinski definition) is 3. The Morgan fingerprint density at radius 3 is 2.60 bits per heavy atom. The first kappa shape index (κ1) is 14.1. The number of anilines is 2. The summed E-state index contributed by atoms with van der Waals surface area (Å²) in [5.41, 5.74) is 8.30. The number of hydrazine groups is 1. The molecule has 20 heavy (non-hydrogen) atoms. The summed E-state index contributed by atoms with van der Waals surface area (Å²) in [6.07, 6.45) is 2.84. The van der Waals surface area contributed by atoms with Crippen molar-refractivity contribution in [1.29, 1.82) is 0 Å². The van der Waals surface area contributed by atoms with Gasteiger partial charge >= 0.3 is 0 Å². The lowest BCUT2D eigenvalue weighted by Crippen LogP contribution is -2.21. The lowest BCUT2D eigenvalue weighted by Gasteiger charge is -2.10.